The van der Waals surface area contributed by atoms with Crippen LogP contribution < -0.4 is 16.0 Å². The third kappa shape index (κ3) is 17.5. The number of carbonyl (C=O) groups is 5. The molecular weight excluding hydrogens is 438 g/mol. The van der Waals surface area contributed by atoms with Gasteiger partial charge in [0.05, 0.1) is 19.3 Å². The number of rotatable bonds is 20. The highest BCUT2D eigenvalue weighted by Gasteiger charge is 2.23. The molecule has 0 saturated carbocycles. The van der Waals surface area contributed by atoms with E-state index in [1.807, 2.05) is 0 Å². The Balaban J connectivity index is 4.10. The van der Waals surface area contributed by atoms with Crippen molar-refractivity contribution >= 4 is 29.7 Å². The number of nitrogens with one attached hydrogen (secondary N) is 3. The van der Waals surface area contributed by atoms with E-state index in [1.165, 1.54) is 6.92 Å². The zero-order valence-electron chi connectivity index (χ0n) is 19.4. The van der Waals surface area contributed by atoms with E-state index >= 15 is 0 Å². The quantitative estimate of drug-likeness (QED) is 0.158. The molecule has 5 N–H and O–H groups in total. The van der Waals surface area contributed by atoms with E-state index in [0.29, 0.717) is 39.2 Å². The molecule has 0 unspecified atom stereocenters. The number of unbranched alkanes of at least 4 members (excludes halogenated alkanes) is 2. The maximum Gasteiger partial charge on any atom is 0.326 e. The fraction of sp³-hybridized carbons (Fsp3) is 0.762. The molecule has 3 amide bonds. The molecule has 0 radical (unpaired) electrons. The highest BCUT2D eigenvalue weighted by molar-refractivity contribution is 5.89. The summed E-state index contributed by atoms with van der Waals surface area (Å²) in [5.41, 5.74) is 0. The smallest absolute Gasteiger partial charge is 0.326 e. The fourth-order valence-corrected chi connectivity index (χ4v) is 2.64. The molecule has 0 aromatic heterocycles. The first kappa shape index (κ1) is 30.3. The van der Waals surface area contributed by atoms with Crippen LogP contribution in [0.1, 0.15) is 58.8 Å². The third-order valence-electron chi connectivity index (χ3n) is 4.54. The minimum absolute atomic E-state index is 0.0875. The molecular formula is C21H37N3O9. The van der Waals surface area contributed by atoms with Gasteiger partial charge in [-0.1, -0.05) is 13.3 Å². The molecule has 0 rings (SSSR count). The number of ketones is 1. The number of ether oxygens (including phenoxy) is 2. The number of urea groups is 1. The van der Waals surface area contributed by atoms with Crippen molar-refractivity contribution in [2.24, 2.45) is 0 Å². The first-order chi connectivity index (χ1) is 15.7. The first-order valence-corrected chi connectivity index (χ1v) is 11.1. The monoisotopic (exact) mass is 475 g/mol. The summed E-state index contributed by atoms with van der Waals surface area (Å²) >= 11 is 0. The SMILES string of the molecule is CCCCOCCOCC(=O)NCCCC[C@H](NC(=O)N[C@@H](CCC(=O)O)C(C)=O)C(=O)O. The van der Waals surface area contributed by atoms with Gasteiger partial charge < -0.3 is 35.6 Å². The van der Waals surface area contributed by atoms with Crippen molar-refractivity contribution in [1.29, 1.82) is 0 Å². The average Bonchev–Trinajstić information content (AvgIpc) is 2.74. The van der Waals surface area contributed by atoms with Crippen molar-refractivity contribution in [3.05, 3.63) is 0 Å². The van der Waals surface area contributed by atoms with Crippen LogP contribution in [0.3, 0.4) is 0 Å². The number of hydrogen-bond donors (Lipinski definition) is 5. The van der Waals surface area contributed by atoms with Gasteiger partial charge in [0.25, 0.3) is 0 Å². The molecule has 12 heteroatoms. The Kier molecular flexibility index (Phi) is 17.2. The summed E-state index contributed by atoms with van der Waals surface area (Å²) in [5.74, 6) is -3.06. The Labute approximate surface area is 193 Å². The van der Waals surface area contributed by atoms with E-state index in [9.17, 15) is 29.1 Å². The summed E-state index contributed by atoms with van der Waals surface area (Å²) in [6.45, 7) is 4.94. The minimum atomic E-state index is -1.24. The van der Waals surface area contributed by atoms with Crippen molar-refractivity contribution in [3.8, 4) is 0 Å². The molecule has 0 heterocycles. The molecule has 0 spiro atoms. The molecule has 0 fully saturated rings. The molecule has 190 valence electrons. The van der Waals surface area contributed by atoms with Gasteiger partial charge >= 0.3 is 18.0 Å². The van der Waals surface area contributed by atoms with Gasteiger partial charge in [-0.2, -0.15) is 0 Å². The second-order valence-electron chi connectivity index (χ2n) is 7.47. The molecule has 0 aromatic carbocycles. The fourth-order valence-electron chi connectivity index (χ4n) is 2.64. The Morgan fingerprint density at radius 2 is 1.52 bits per heavy atom. The van der Waals surface area contributed by atoms with Crippen molar-refractivity contribution in [2.45, 2.75) is 70.9 Å². The highest BCUT2D eigenvalue weighted by Crippen LogP contribution is 2.03. The molecule has 0 saturated heterocycles. The summed E-state index contributed by atoms with van der Waals surface area (Å²) in [6.07, 6.45) is 2.65. The third-order valence-corrected chi connectivity index (χ3v) is 4.54. The van der Waals surface area contributed by atoms with Crippen LogP contribution in [0, 0.1) is 0 Å². The number of carbonyl (C=O) groups excluding carboxylic acids is 3. The van der Waals surface area contributed by atoms with Gasteiger partial charge in [-0.05, 0) is 39.0 Å². The second kappa shape index (κ2) is 18.8. The summed E-state index contributed by atoms with van der Waals surface area (Å²) in [5, 5.41) is 25.2. The van der Waals surface area contributed by atoms with E-state index in [0.717, 1.165) is 12.8 Å². The zero-order valence-corrected chi connectivity index (χ0v) is 19.4. The van der Waals surface area contributed by atoms with Crippen LogP contribution in [0.25, 0.3) is 0 Å². The number of carboxylic acids is 2. The topological polar surface area (TPSA) is 180 Å². The molecule has 0 aliphatic carbocycles. The molecule has 0 aliphatic rings. The second-order valence-corrected chi connectivity index (χ2v) is 7.47. The predicted molar refractivity (Wildman–Crippen MR) is 118 cm³/mol. The van der Waals surface area contributed by atoms with Crippen molar-refractivity contribution in [3.63, 3.8) is 0 Å². The van der Waals surface area contributed by atoms with Crippen LogP contribution in [0.5, 0.6) is 0 Å². The minimum Gasteiger partial charge on any atom is -0.481 e. The summed E-state index contributed by atoms with van der Waals surface area (Å²) in [6, 6.07) is -3.07. The van der Waals surface area contributed by atoms with E-state index in [2.05, 4.69) is 22.9 Å². The van der Waals surface area contributed by atoms with Gasteiger partial charge in [0, 0.05) is 19.6 Å². The van der Waals surface area contributed by atoms with Crippen molar-refractivity contribution < 1.29 is 43.7 Å². The van der Waals surface area contributed by atoms with Crippen LogP contribution in [0.4, 0.5) is 4.79 Å². The van der Waals surface area contributed by atoms with Crippen LogP contribution in [-0.4, -0.2) is 84.9 Å². The lowest BCUT2D eigenvalue weighted by Crippen LogP contribution is -2.50. The van der Waals surface area contributed by atoms with Gasteiger partial charge in [-0.3, -0.25) is 14.4 Å². The predicted octanol–water partition coefficient (Wildman–Crippen LogP) is 0.681. The Morgan fingerprint density at radius 1 is 0.848 bits per heavy atom. The molecule has 0 aliphatic heterocycles. The lowest BCUT2D eigenvalue weighted by molar-refractivity contribution is -0.139. The van der Waals surface area contributed by atoms with Crippen LogP contribution in [-0.2, 0) is 28.7 Å². The Hall–Kier alpha value is -2.73. The lowest BCUT2D eigenvalue weighted by Gasteiger charge is -2.19. The Bertz CT molecular complexity index is 628. The number of aliphatic carboxylic acids is 2. The van der Waals surface area contributed by atoms with Gasteiger partial charge in [-0.15, -0.1) is 0 Å². The molecule has 0 aromatic rings. The molecule has 2 atom stereocenters. The molecule has 0 bridgehead atoms. The average molecular weight is 476 g/mol. The summed E-state index contributed by atoms with van der Waals surface area (Å²) in [4.78, 5) is 57.3. The van der Waals surface area contributed by atoms with Crippen LogP contribution in [0.2, 0.25) is 0 Å². The van der Waals surface area contributed by atoms with Crippen LogP contribution >= 0.6 is 0 Å². The van der Waals surface area contributed by atoms with E-state index in [4.69, 9.17) is 14.6 Å². The van der Waals surface area contributed by atoms with E-state index < -0.39 is 35.8 Å². The normalized spacial score (nSPS) is 12.4. The Morgan fingerprint density at radius 3 is 2.12 bits per heavy atom. The van der Waals surface area contributed by atoms with Gasteiger partial charge in [0.2, 0.25) is 5.91 Å². The van der Waals surface area contributed by atoms with Gasteiger partial charge in [0.15, 0.2) is 5.78 Å². The number of hydrogen-bond acceptors (Lipinski definition) is 7. The maximum atomic E-state index is 12.0. The van der Waals surface area contributed by atoms with Gasteiger partial charge in [-0.25, -0.2) is 9.59 Å². The van der Waals surface area contributed by atoms with Crippen molar-refractivity contribution in [1.82, 2.24) is 16.0 Å². The number of Topliss-reactive ketones (excluding diaryl/α,β-unsaturated/α-hetero) is 1. The summed E-state index contributed by atoms with van der Waals surface area (Å²) < 4.78 is 10.5. The summed E-state index contributed by atoms with van der Waals surface area (Å²) in [7, 11) is 0. The number of carboxylic acid groups (broad SMARTS) is 2. The van der Waals surface area contributed by atoms with Crippen LogP contribution in [0.15, 0.2) is 0 Å². The maximum absolute atomic E-state index is 12.0. The number of amides is 3. The molecule has 12 nitrogen and oxygen atoms in total. The molecule has 33 heavy (non-hydrogen) atoms. The standard InChI is InChI=1S/C21H37N3O9/c1-3-4-11-32-12-13-33-14-18(26)22-10-6-5-7-17(20(29)30)24-21(31)23-16(15(2)25)8-9-19(27)28/h16-17H,3-14H2,1-2H3,(H,22,26)(H,27,28)(H,29,30)(H2,23,24,31)/t16-,17-/m0/s1. The van der Waals surface area contributed by atoms with Crippen molar-refractivity contribution in [2.75, 3.05) is 33.0 Å². The lowest BCUT2D eigenvalue weighted by atomic mass is 10.1. The van der Waals surface area contributed by atoms with E-state index in [1.54, 1.807) is 0 Å². The van der Waals surface area contributed by atoms with Gasteiger partial charge in [0.1, 0.15) is 12.6 Å². The highest BCUT2D eigenvalue weighted by atomic mass is 16.5. The zero-order chi connectivity index (χ0) is 25.1. The van der Waals surface area contributed by atoms with E-state index in [-0.39, 0.29) is 31.8 Å². The first-order valence-electron chi connectivity index (χ1n) is 11.1. The largest absolute Gasteiger partial charge is 0.481 e.